The highest BCUT2D eigenvalue weighted by Crippen LogP contribution is 2.17. The highest BCUT2D eigenvalue weighted by Gasteiger charge is 2.13. The monoisotopic (exact) mass is 332 g/mol. The van der Waals surface area contributed by atoms with Crippen LogP contribution >= 0.6 is 0 Å². The van der Waals surface area contributed by atoms with Gasteiger partial charge in [0.25, 0.3) is 5.69 Å². The van der Waals surface area contributed by atoms with Crippen LogP contribution in [0.1, 0.15) is 0 Å². The van der Waals surface area contributed by atoms with Gasteiger partial charge in [0.15, 0.2) is 9.84 Å². The molecule has 0 aromatic heterocycles. The Bertz CT molecular complexity index is 843. The first-order chi connectivity index (χ1) is 10.9. The number of amides is 1. The maximum absolute atomic E-state index is 12.0. The molecule has 0 saturated carbocycles. The number of carbonyl (C=O) groups excluding carboxylic acids is 1. The van der Waals surface area contributed by atoms with Gasteiger partial charge < -0.3 is 5.32 Å². The fourth-order valence-corrected chi connectivity index (χ4v) is 2.67. The lowest BCUT2D eigenvalue weighted by molar-refractivity contribution is -0.384. The Hall–Kier alpha value is -3.00. The molecule has 1 N–H and O–H groups in total. The van der Waals surface area contributed by atoms with Gasteiger partial charge in [-0.15, -0.1) is 0 Å². The van der Waals surface area contributed by atoms with Crippen LogP contribution in [0.5, 0.6) is 0 Å². The molecule has 0 aliphatic heterocycles. The molecule has 7 nitrogen and oxygen atoms in total. The van der Waals surface area contributed by atoms with E-state index < -0.39 is 20.7 Å². The van der Waals surface area contributed by atoms with E-state index in [0.29, 0.717) is 5.69 Å². The van der Waals surface area contributed by atoms with Gasteiger partial charge in [-0.2, -0.15) is 0 Å². The van der Waals surface area contributed by atoms with Crippen molar-refractivity contribution in [2.24, 2.45) is 0 Å². The fraction of sp³-hybridized carbons (Fsp3) is 0. The standard InChI is InChI=1S/C15H12N2O5S/c18-15(16-12-4-2-1-3-5-12)10-11-23(21,22)14-8-6-13(7-9-14)17(19)20/h1-11H,(H,16,18)/b11-10+. The van der Waals surface area contributed by atoms with Gasteiger partial charge in [0.05, 0.1) is 9.82 Å². The van der Waals surface area contributed by atoms with E-state index in [2.05, 4.69) is 5.32 Å². The molecule has 23 heavy (non-hydrogen) atoms. The molecule has 0 atom stereocenters. The number of carbonyl (C=O) groups is 1. The largest absolute Gasteiger partial charge is 0.322 e. The lowest BCUT2D eigenvalue weighted by Gasteiger charge is -2.01. The van der Waals surface area contributed by atoms with Gasteiger partial charge in [-0.05, 0) is 24.3 Å². The molecule has 0 bridgehead atoms. The van der Waals surface area contributed by atoms with Crippen LogP contribution < -0.4 is 5.32 Å². The average molecular weight is 332 g/mol. The molecular formula is C15H12N2O5S. The Morgan fingerprint density at radius 2 is 1.65 bits per heavy atom. The Balaban J connectivity index is 2.10. The van der Waals surface area contributed by atoms with E-state index in [4.69, 9.17) is 0 Å². The van der Waals surface area contributed by atoms with E-state index >= 15 is 0 Å². The van der Waals surface area contributed by atoms with E-state index in [1.54, 1.807) is 30.3 Å². The molecule has 8 heteroatoms. The normalized spacial score (nSPS) is 11.3. The molecule has 0 aliphatic carbocycles. The van der Waals surface area contributed by atoms with Crippen molar-refractivity contribution in [2.45, 2.75) is 4.90 Å². The highest BCUT2D eigenvalue weighted by molar-refractivity contribution is 7.94. The topological polar surface area (TPSA) is 106 Å². The molecule has 0 radical (unpaired) electrons. The van der Waals surface area contributed by atoms with Crippen molar-refractivity contribution >= 4 is 27.1 Å². The molecule has 0 aliphatic rings. The fourth-order valence-electron chi connectivity index (χ4n) is 1.69. The third-order valence-corrected chi connectivity index (χ3v) is 4.24. The van der Waals surface area contributed by atoms with Crippen molar-refractivity contribution < 1.29 is 18.1 Å². The van der Waals surface area contributed by atoms with Crippen LogP contribution in [0.2, 0.25) is 0 Å². The number of sulfone groups is 1. The third kappa shape index (κ3) is 4.48. The van der Waals surface area contributed by atoms with Crippen molar-refractivity contribution in [3.63, 3.8) is 0 Å². The molecule has 2 aromatic carbocycles. The number of para-hydroxylation sites is 1. The van der Waals surface area contributed by atoms with Gasteiger partial charge in [0.1, 0.15) is 0 Å². The zero-order valence-electron chi connectivity index (χ0n) is 11.7. The third-order valence-electron chi connectivity index (χ3n) is 2.82. The van der Waals surface area contributed by atoms with E-state index in [-0.39, 0.29) is 10.6 Å². The molecule has 0 unspecified atom stereocenters. The van der Waals surface area contributed by atoms with Crippen LogP contribution in [0.25, 0.3) is 0 Å². The number of nitro benzene ring substituents is 1. The summed E-state index contributed by atoms with van der Waals surface area (Å²) in [4.78, 5) is 21.5. The number of rotatable bonds is 5. The predicted molar refractivity (Wildman–Crippen MR) is 84.5 cm³/mol. The summed E-state index contributed by atoms with van der Waals surface area (Å²) in [7, 11) is -3.85. The van der Waals surface area contributed by atoms with E-state index in [0.717, 1.165) is 35.7 Å². The van der Waals surface area contributed by atoms with Gasteiger partial charge in [-0.1, -0.05) is 18.2 Å². The summed E-state index contributed by atoms with van der Waals surface area (Å²) in [6.07, 6.45) is 0.893. The summed E-state index contributed by atoms with van der Waals surface area (Å²) in [6.45, 7) is 0. The second-order valence-corrected chi connectivity index (χ2v) is 6.29. The first-order valence-corrected chi connectivity index (χ1v) is 7.97. The van der Waals surface area contributed by atoms with Gasteiger partial charge in [0, 0.05) is 29.3 Å². The number of benzene rings is 2. The van der Waals surface area contributed by atoms with Crippen molar-refractivity contribution in [3.05, 3.63) is 76.2 Å². The summed E-state index contributed by atoms with van der Waals surface area (Å²) in [5.74, 6) is -0.596. The minimum atomic E-state index is -3.85. The maximum Gasteiger partial charge on any atom is 0.269 e. The molecule has 0 spiro atoms. The van der Waals surface area contributed by atoms with Crippen molar-refractivity contribution in [2.75, 3.05) is 5.32 Å². The van der Waals surface area contributed by atoms with Crippen LogP contribution in [0.3, 0.4) is 0 Å². The van der Waals surface area contributed by atoms with E-state index in [9.17, 15) is 23.3 Å². The SMILES string of the molecule is O=C(/C=C/S(=O)(=O)c1ccc([N+](=O)[O-])cc1)Nc1ccccc1. The second kappa shape index (κ2) is 6.84. The zero-order valence-corrected chi connectivity index (χ0v) is 12.6. The molecule has 0 heterocycles. The van der Waals surface area contributed by atoms with Crippen LogP contribution in [0.4, 0.5) is 11.4 Å². The van der Waals surface area contributed by atoms with Gasteiger partial charge in [-0.3, -0.25) is 14.9 Å². The molecular weight excluding hydrogens is 320 g/mol. The zero-order chi connectivity index (χ0) is 16.9. The minimum absolute atomic E-state index is 0.133. The Morgan fingerprint density at radius 3 is 2.22 bits per heavy atom. The molecule has 0 saturated heterocycles. The number of anilines is 1. The Labute approximate surface area is 132 Å². The quantitative estimate of drug-likeness (QED) is 0.514. The number of non-ortho nitro benzene ring substituents is 1. The summed E-state index contributed by atoms with van der Waals surface area (Å²) in [6, 6.07) is 13.0. The van der Waals surface area contributed by atoms with Crippen molar-refractivity contribution in [1.29, 1.82) is 0 Å². The molecule has 1 amide bonds. The van der Waals surface area contributed by atoms with Gasteiger partial charge >= 0.3 is 0 Å². The molecule has 2 rings (SSSR count). The van der Waals surface area contributed by atoms with Crippen LogP contribution in [-0.2, 0) is 14.6 Å². The number of nitrogens with one attached hydrogen (secondary N) is 1. The number of hydrogen-bond donors (Lipinski definition) is 1. The first-order valence-electron chi connectivity index (χ1n) is 6.42. The van der Waals surface area contributed by atoms with E-state index in [1.165, 1.54) is 0 Å². The van der Waals surface area contributed by atoms with E-state index in [1.807, 2.05) is 0 Å². The number of hydrogen-bond acceptors (Lipinski definition) is 5. The minimum Gasteiger partial charge on any atom is -0.322 e. The lowest BCUT2D eigenvalue weighted by Crippen LogP contribution is -2.08. The maximum atomic E-state index is 12.0. The van der Waals surface area contributed by atoms with Crippen molar-refractivity contribution in [3.8, 4) is 0 Å². The summed E-state index contributed by atoms with van der Waals surface area (Å²) >= 11 is 0. The van der Waals surface area contributed by atoms with Crippen LogP contribution in [0.15, 0.2) is 71.0 Å². The average Bonchev–Trinajstić information content (AvgIpc) is 2.54. The van der Waals surface area contributed by atoms with Crippen LogP contribution in [0, 0.1) is 10.1 Å². The molecule has 2 aromatic rings. The summed E-state index contributed by atoms with van der Waals surface area (Å²) < 4.78 is 24.1. The van der Waals surface area contributed by atoms with Crippen LogP contribution in [-0.4, -0.2) is 19.2 Å². The highest BCUT2D eigenvalue weighted by atomic mass is 32.2. The molecule has 118 valence electrons. The number of nitro groups is 1. The summed E-state index contributed by atoms with van der Waals surface area (Å²) in [5, 5.41) is 13.8. The number of nitrogens with zero attached hydrogens (tertiary/aromatic N) is 1. The summed E-state index contributed by atoms with van der Waals surface area (Å²) in [5.41, 5.74) is 0.324. The lowest BCUT2D eigenvalue weighted by atomic mass is 10.3. The van der Waals surface area contributed by atoms with Crippen molar-refractivity contribution in [1.82, 2.24) is 0 Å². The van der Waals surface area contributed by atoms with Gasteiger partial charge in [-0.25, -0.2) is 8.42 Å². The Kier molecular flexibility index (Phi) is 4.87. The predicted octanol–water partition coefficient (Wildman–Crippen LogP) is 2.52. The second-order valence-electron chi connectivity index (χ2n) is 4.45. The van der Waals surface area contributed by atoms with Gasteiger partial charge in [0.2, 0.25) is 5.91 Å². The molecule has 0 fully saturated rings. The first kappa shape index (κ1) is 16.4. The smallest absolute Gasteiger partial charge is 0.269 e. The Morgan fingerprint density at radius 1 is 1.04 bits per heavy atom.